The van der Waals surface area contributed by atoms with Crippen LogP contribution in [0, 0.1) is 6.92 Å². The molecular formula is C17H20ClNO. The predicted molar refractivity (Wildman–Crippen MR) is 85.8 cm³/mol. The summed E-state index contributed by atoms with van der Waals surface area (Å²) in [6, 6.07) is 11.5. The molecule has 20 heavy (non-hydrogen) atoms. The zero-order valence-electron chi connectivity index (χ0n) is 12.3. The first-order chi connectivity index (χ1) is 9.27. The Hall–Kier alpha value is -1.67. The first kappa shape index (κ1) is 14.7. The van der Waals surface area contributed by atoms with Crippen LogP contribution in [0.15, 0.2) is 36.4 Å². The average Bonchev–Trinajstić information content (AvgIpc) is 2.31. The third kappa shape index (κ3) is 3.26. The number of benzene rings is 2. The van der Waals surface area contributed by atoms with E-state index in [2.05, 4.69) is 32.9 Å². The highest BCUT2D eigenvalue weighted by atomic mass is 35.5. The van der Waals surface area contributed by atoms with Crippen molar-refractivity contribution in [2.45, 2.75) is 33.1 Å². The van der Waals surface area contributed by atoms with Gasteiger partial charge in [-0.05, 0) is 42.2 Å². The topological polar surface area (TPSA) is 35.2 Å². The van der Waals surface area contributed by atoms with Crippen LogP contribution < -0.4 is 10.5 Å². The van der Waals surface area contributed by atoms with Gasteiger partial charge < -0.3 is 10.5 Å². The third-order valence-electron chi connectivity index (χ3n) is 3.12. The van der Waals surface area contributed by atoms with Crippen molar-refractivity contribution in [3.8, 4) is 11.5 Å². The second kappa shape index (κ2) is 5.37. The Morgan fingerprint density at radius 2 is 1.70 bits per heavy atom. The van der Waals surface area contributed by atoms with Gasteiger partial charge in [0.25, 0.3) is 0 Å². The third-order valence-corrected chi connectivity index (χ3v) is 3.42. The summed E-state index contributed by atoms with van der Waals surface area (Å²) in [6.07, 6.45) is 0. The predicted octanol–water partition coefficient (Wildman–Crippen LogP) is 5.32. The summed E-state index contributed by atoms with van der Waals surface area (Å²) in [6.45, 7) is 8.53. The van der Waals surface area contributed by atoms with Crippen molar-refractivity contribution in [2.24, 2.45) is 0 Å². The molecule has 106 valence electrons. The van der Waals surface area contributed by atoms with E-state index in [0.717, 1.165) is 16.9 Å². The first-order valence-corrected chi connectivity index (χ1v) is 6.99. The first-order valence-electron chi connectivity index (χ1n) is 6.61. The zero-order chi connectivity index (χ0) is 14.9. The van der Waals surface area contributed by atoms with Crippen LogP contribution in [0.1, 0.15) is 31.9 Å². The Bertz CT molecular complexity index is 629. The molecule has 0 heterocycles. The molecule has 2 rings (SSSR count). The fourth-order valence-electron chi connectivity index (χ4n) is 2.05. The van der Waals surface area contributed by atoms with Gasteiger partial charge in [-0.1, -0.05) is 44.5 Å². The molecule has 2 aromatic carbocycles. The normalized spacial score (nSPS) is 11.4. The quantitative estimate of drug-likeness (QED) is 0.759. The van der Waals surface area contributed by atoms with E-state index in [4.69, 9.17) is 22.1 Å². The Morgan fingerprint density at radius 1 is 1.00 bits per heavy atom. The van der Waals surface area contributed by atoms with Crippen molar-refractivity contribution in [1.82, 2.24) is 0 Å². The largest absolute Gasteiger partial charge is 0.455 e. The lowest BCUT2D eigenvalue weighted by atomic mass is 9.86. The van der Waals surface area contributed by atoms with Gasteiger partial charge in [-0.25, -0.2) is 0 Å². The fourth-order valence-corrected chi connectivity index (χ4v) is 2.28. The molecule has 2 nitrogen and oxygen atoms in total. The molecule has 0 aliphatic heterocycles. The lowest BCUT2D eigenvalue weighted by Gasteiger charge is -2.23. The highest BCUT2D eigenvalue weighted by Crippen LogP contribution is 2.37. The summed E-state index contributed by atoms with van der Waals surface area (Å²) in [5.41, 5.74) is 8.64. The fraction of sp³-hybridized carbons (Fsp3) is 0.294. The molecular weight excluding hydrogens is 270 g/mol. The summed E-state index contributed by atoms with van der Waals surface area (Å²) in [4.78, 5) is 0. The second-order valence-corrected chi connectivity index (χ2v) is 6.45. The molecule has 0 unspecified atom stereocenters. The average molecular weight is 290 g/mol. The maximum absolute atomic E-state index is 6.18. The maximum atomic E-state index is 6.18. The standard InChI is InChI=1S/C17H20ClNO/c1-11-5-7-13(17(2,3)4)16(9-11)20-15-8-6-12(19)10-14(15)18/h5-10H,19H2,1-4H3. The van der Waals surface area contributed by atoms with E-state index in [1.807, 2.05) is 13.0 Å². The molecule has 0 atom stereocenters. The molecule has 0 aliphatic rings. The van der Waals surface area contributed by atoms with Crippen molar-refractivity contribution in [3.63, 3.8) is 0 Å². The van der Waals surface area contributed by atoms with E-state index in [1.54, 1.807) is 18.2 Å². The van der Waals surface area contributed by atoms with E-state index in [0.29, 0.717) is 16.5 Å². The number of hydrogen-bond acceptors (Lipinski definition) is 2. The minimum atomic E-state index is 0.00329. The van der Waals surface area contributed by atoms with Gasteiger partial charge in [0.1, 0.15) is 11.5 Å². The number of aryl methyl sites for hydroxylation is 1. The summed E-state index contributed by atoms with van der Waals surface area (Å²) < 4.78 is 6.02. The molecule has 0 aliphatic carbocycles. The number of rotatable bonds is 2. The van der Waals surface area contributed by atoms with E-state index < -0.39 is 0 Å². The van der Waals surface area contributed by atoms with Crippen molar-refractivity contribution < 1.29 is 4.74 Å². The van der Waals surface area contributed by atoms with Crippen LogP contribution in [-0.2, 0) is 5.41 Å². The summed E-state index contributed by atoms with van der Waals surface area (Å²) in [5.74, 6) is 1.46. The number of ether oxygens (including phenoxy) is 1. The van der Waals surface area contributed by atoms with E-state index >= 15 is 0 Å². The molecule has 0 bridgehead atoms. The molecule has 0 aromatic heterocycles. The smallest absolute Gasteiger partial charge is 0.146 e. The number of nitrogens with two attached hydrogens (primary N) is 1. The molecule has 2 N–H and O–H groups in total. The second-order valence-electron chi connectivity index (χ2n) is 6.04. The van der Waals surface area contributed by atoms with Crippen molar-refractivity contribution in [3.05, 3.63) is 52.5 Å². The molecule has 2 aromatic rings. The zero-order valence-corrected chi connectivity index (χ0v) is 13.1. The minimum Gasteiger partial charge on any atom is -0.455 e. The van der Waals surface area contributed by atoms with Crippen LogP contribution in [0.3, 0.4) is 0 Å². The van der Waals surface area contributed by atoms with Crippen LogP contribution in [0.2, 0.25) is 5.02 Å². The van der Waals surface area contributed by atoms with Gasteiger partial charge >= 0.3 is 0 Å². The molecule has 3 heteroatoms. The van der Waals surface area contributed by atoms with Gasteiger partial charge in [-0.3, -0.25) is 0 Å². The summed E-state index contributed by atoms with van der Waals surface area (Å²) >= 11 is 6.18. The van der Waals surface area contributed by atoms with Crippen molar-refractivity contribution >= 4 is 17.3 Å². The number of hydrogen-bond donors (Lipinski definition) is 1. The van der Waals surface area contributed by atoms with Gasteiger partial charge in [-0.2, -0.15) is 0 Å². The van der Waals surface area contributed by atoms with Crippen LogP contribution in [0.4, 0.5) is 5.69 Å². The monoisotopic (exact) mass is 289 g/mol. The SMILES string of the molecule is Cc1ccc(C(C)(C)C)c(Oc2ccc(N)cc2Cl)c1. The molecule has 0 saturated carbocycles. The minimum absolute atomic E-state index is 0.00329. The van der Waals surface area contributed by atoms with Gasteiger partial charge in [0.05, 0.1) is 5.02 Å². The lowest BCUT2D eigenvalue weighted by Crippen LogP contribution is -2.12. The highest BCUT2D eigenvalue weighted by Gasteiger charge is 2.20. The van der Waals surface area contributed by atoms with Gasteiger partial charge in [-0.15, -0.1) is 0 Å². The van der Waals surface area contributed by atoms with E-state index in [-0.39, 0.29) is 5.41 Å². The van der Waals surface area contributed by atoms with Crippen molar-refractivity contribution in [1.29, 1.82) is 0 Å². The highest BCUT2D eigenvalue weighted by molar-refractivity contribution is 6.32. The van der Waals surface area contributed by atoms with Crippen LogP contribution >= 0.6 is 11.6 Å². The number of anilines is 1. The van der Waals surface area contributed by atoms with E-state index in [9.17, 15) is 0 Å². The molecule has 0 fully saturated rings. The van der Waals surface area contributed by atoms with Crippen molar-refractivity contribution in [2.75, 3.05) is 5.73 Å². The van der Waals surface area contributed by atoms with Crippen LogP contribution in [-0.4, -0.2) is 0 Å². The molecule has 0 radical (unpaired) electrons. The van der Waals surface area contributed by atoms with Gasteiger partial charge in [0, 0.05) is 11.3 Å². The number of halogens is 1. The van der Waals surface area contributed by atoms with Crippen LogP contribution in [0.5, 0.6) is 11.5 Å². The summed E-state index contributed by atoms with van der Waals surface area (Å²) in [5, 5.41) is 0.520. The summed E-state index contributed by atoms with van der Waals surface area (Å²) in [7, 11) is 0. The Labute approximate surface area is 125 Å². The Balaban J connectivity index is 2.45. The maximum Gasteiger partial charge on any atom is 0.146 e. The Kier molecular flexibility index (Phi) is 3.96. The Morgan fingerprint density at radius 3 is 2.30 bits per heavy atom. The molecule has 0 saturated heterocycles. The van der Waals surface area contributed by atoms with Gasteiger partial charge in [0.15, 0.2) is 0 Å². The molecule has 0 amide bonds. The van der Waals surface area contributed by atoms with E-state index in [1.165, 1.54) is 0 Å². The molecule has 0 spiro atoms. The number of nitrogen functional groups attached to an aromatic ring is 1. The van der Waals surface area contributed by atoms with Gasteiger partial charge in [0.2, 0.25) is 0 Å². The lowest BCUT2D eigenvalue weighted by molar-refractivity contribution is 0.455. The van der Waals surface area contributed by atoms with Crippen LogP contribution in [0.25, 0.3) is 0 Å².